The Morgan fingerprint density at radius 1 is 1.25 bits per heavy atom. The molecule has 1 unspecified atom stereocenters. The minimum atomic E-state index is 0.462. The summed E-state index contributed by atoms with van der Waals surface area (Å²) in [6, 6.07) is 6.94. The summed E-state index contributed by atoms with van der Waals surface area (Å²) in [5, 5.41) is 1.48. The average Bonchev–Trinajstić information content (AvgIpc) is 2.83. The smallest absolute Gasteiger partial charge is 0.0459 e. The molecule has 0 radical (unpaired) electrons. The fraction of sp³-hybridized carbons (Fsp3) is 0.579. The molecular formula is C19H27N. The van der Waals surface area contributed by atoms with E-state index in [0.29, 0.717) is 5.41 Å². The number of aromatic nitrogens is 1. The van der Waals surface area contributed by atoms with Gasteiger partial charge in [-0.3, -0.25) is 0 Å². The van der Waals surface area contributed by atoms with Crippen LogP contribution in [0.25, 0.3) is 10.9 Å². The van der Waals surface area contributed by atoms with Crippen molar-refractivity contribution in [3.8, 4) is 0 Å². The molecule has 1 atom stereocenters. The van der Waals surface area contributed by atoms with Crippen molar-refractivity contribution in [2.45, 2.75) is 59.8 Å². The Labute approximate surface area is 122 Å². The molecule has 108 valence electrons. The van der Waals surface area contributed by atoms with Crippen LogP contribution in [-0.4, -0.2) is 4.98 Å². The second-order valence-corrected chi connectivity index (χ2v) is 7.10. The Bertz CT molecular complexity index is 618. The van der Waals surface area contributed by atoms with Crippen molar-refractivity contribution in [1.82, 2.24) is 4.98 Å². The van der Waals surface area contributed by atoms with Gasteiger partial charge in [0.1, 0.15) is 0 Å². The predicted molar refractivity (Wildman–Crippen MR) is 87.3 cm³/mol. The molecule has 0 saturated heterocycles. The molecule has 2 aromatic rings. The van der Waals surface area contributed by atoms with Gasteiger partial charge in [0.25, 0.3) is 0 Å². The molecule has 0 spiro atoms. The fourth-order valence-corrected chi connectivity index (χ4v) is 3.64. The molecular weight excluding hydrogens is 242 g/mol. The SMILES string of the molecule is CCc1ccc2[nH]c3c(c2c1)CC(C(C)(C)CC)CC3. The molecule has 1 N–H and O–H groups in total. The number of aromatic amines is 1. The molecule has 1 aliphatic carbocycles. The summed E-state index contributed by atoms with van der Waals surface area (Å²) < 4.78 is 0. The number of nitrogens with one attached hydrogen (secondary N) is 1. The first kappa shape index (κ1) is 13.7. The minimum Gasteiger partial charge on any atom is -0.358 e. The second-order valence-electron chi connectivity index (χ2n) is 7.10. The molecule has 3 rings (SSSR count). The largest absolute Gasteiger partial charge is 0.358 e. The van der Waals surface area contributed by atoms with E-state index in [1.807, 2.05) is 0 Å². The summed E-state index contributed by atoms with van der Waals surface area (Å²) in [5.41, 5.74) is 6.35. The molecule has 1 heterocycles. The molecule has 0 aliphatic heterocycles. The number of hydrogen-bond acceptors (Lipinski definition) is 0. The third kappa shape index (κ3) is 2.17. The zero-order chi connectivity index (χ0) is 14.3. The van der Waals surface area contributed by atoms with Gasteiger partial charge in [-0.15, -0.1) is 0 Å². The summed E-state index contributed by atoms with van der Waals surface area (Å²) in [7, 11) is 0. The van der Waals surface area contributed by atoms with Crippen molar-refractivity contribution in [2.75, 3.05) is 0 Å². The molecule has 0 fully saturated rings. The van der Waals surface area contributed by atoms with Crippen LogP contribution in [0, 0.1) is 11.3 Å². The highest BCUT2D eigenvalue weighted by molar-refractivity contribution is 5.85. The third-order valence-electron chi connectivity index (χ3n) is 5.68. The average molecular weight is 269 g/mol. The van der Waals surface area contributed by atoms with Gasteiger partial charge in [0.2, 0.25) is 0 Å². The lowest BCUT2D eigenvalue weighted by atomic mass is 9.69. The first-order valence-corrected chi connectivity index (χ1v) is 8.17. The highest BCUT2D eigenvalue weighted by atomic mass is 14.7. The lowest BCUT2D eigenvalue weighted by molar-refractivity contribution is 0.183. The van der Waals surface area contributed by atoms with Crippen molar-refractivity contribution >= 4 is 10.9 Å². The van der Waals surface area contributed by atoms with Crippen LogP contribution in [0.15, 0.2) is 18.2 Å². The van der Waals surface area contributed by atoms with Crippen LogP contribution in [0.1, 0.15) is 57.4 Å². The van der Waals surface area contributed by atoms with E-state index < -0.39 is 0 Å². The van der Waals surface area contributed by atoms with Gasteiger partial charge >= 0.3 is 0 Å². The van der Waals surface area contributed by atoms with Gasteiger partial charge in [-0.2, -0.15) is 0 Å². The van der Waals surface area contributed by atoms with Crippen molar-refractivity contribution in [3.05, 3.63) is 35.0 Å². The van der Waals surface area contributed by atoms with Crippen LogP contribution in [0.3, 0.4) is 0 Å². The van der Waals surface area contributed by atoms with E-state index in [9.17, 15) is 0 Å². The van der Waals surface area contributed by atoms with Crippen LogP contribution in [0.5, 0.6) is 0 Å². The van der Waals surface area contributed by atoms with E-state index in [0.717, 1.165) is 12.3 Å². The molecule has 1 aromatic carbocycles. The Hall–Kier alpha value is -1.24. The van der Waals surface area contributed by atoms with E-state index in [-0.39, 0.29) is 0 Å². The lowest BCUT2D eigenvalue weighted by Crippen LogP contribution is -2.28. The minimum absolute atomic E-state index is 0.462. The second kappa shape index (κ2) is 4.95. The predicted octanol–water partition coefficient (Wildman–Crippen LogP) is 5.27. The number of fused-ring (bicyclic) bond motifs is 3. The Kier molecular flexibility index (Phi) is 3.40. The zero-order valence-corrected chi connectivity index (χ0v) is 13.3. The summed E-state index contributed by atoms with van der Waals surface area (Å²) >= 11 is 0. The van der Waals surface area contributed by atoms with Crippen LogP contribution in [0.2, 0.25) is 0 Å². The standard InChI is InChI=1S/C19H27N/c1-5-13-7-9-17-15(11-13)16-12-14(19(3,4)6-2)8-10-18(16)20-17/h7,9,11,14,20H,5-6,8,10,12H2,1-4H3. The van der Waals surface area contributed by atoms with Gasteiger partial charge in [0.05, 0.1) is 0 Å². The monoisotopic (exact) mass is 269 g/mol. The van der Waals surface area contributed by atoms with E-state index in [2.05, 4.69) is 50.9 Å². The van der Waals surface area contributed by atoms with Gasteiger partial charge in [-0.1, -0.05) is 40.2 Å². The molecule has 0 amide bonds. The van der Waals surface area contributed by atoms with Crippen LogP contribution >= 0.6 is 0 Å². The number of aryl methyl sites for hydroxylation is 2. The maximum absolute atomic E-state index is 3.66. The Balaban J connectivity index is 2.03. The van der Waals surface area contributed by atoms with Gasteiger partial charge in [-0.25, -0.2) is 0 Å². The quantitative estimate of drug-likeness (QED) is 0.781. The number of H-pyrrole nitrogens is 1. The first-order chi connectivity index (χ1) is 9.55. The normalized spacial score (nSPS) is 19.3. The molecule has 1 aromatic heterocycles. The summed E-state index contributed by atoms with van der Waals surface area (Å²) in [5.74, 6) is 0.823. The van der Waals surface area contributed by atoms with Crippen molar-refractivity contribution in [2.24, 2.45) is 11.3 Å². The molecule has 1 heteroatoms. The van der Waals surface area contributed by atoms with Crippen LogP contribution < -0.4 is 0 Å². The molecule has 1 nitrogen and oxygen atoms in total. The number of benzene rings is 1. The lowest BCUT2D eigenvalue weighted by Gasteiger charge is -2.36. The van der Waals surface area contributed by atoms with Crippen molar-refractivity contribution < 1.29 is 0 Å². The highest BCUT2D eigenvalue weighted by Crippen LogP contribution is 2.41. The topological polar surface area (TPSA) is 15.8 Å². The fourth-order valence-electron chi connectivity index (χ4n) is 3.64. The molecule has 1 aliphatic rings. The van der Waals surface area contributed by atoms with E-state index >= 15 is 0 Å². The highest BCUT2D eigenvalue weighted by Gasteiger charge is 2.32. The number of hydrogen-bond donors (Lipinski definition) is 1. The van der Waals surface area contributed by atoms with E-state index in [1.165, 1.54) is 47.8 Å². The van der Waals surface area contributed by atoms with Gasteiger partial charge in [0, 0.05) is 16.6 Å². The van der Waals surface area contributed by atoms with Crippen molar-refractivity contribution in [3.63, 3.8) is 0 Å². The van der Waals surface area contributed by atoms with Crippen molar-refractivity contribution in [1.29, 1.82) is 0 Å². The van der Waals surface area contributed by atoms with E-state index in [1.54, 1.807) is 5.56 Å². The summed E-state index contributed by atoms with van der Waals surface area (Å²) in [4.78, 5) is 3.66. The Morgan fingerprint density at radius 3 is 2.75 bits per heavy atom. The third-order valence-corrected chi connectivity index (χ3v) is 5.68. The maximum Gasteiger partial charge on any atom is 0.0459 e. The van der Waals surface area contributed by atoms with Crippen LogP contribution in [-0.2, 0) is 19.3 Å². The maximum atomic E-state index is 3.66. The van der Waals surface area contributed by atoms with Crippen LogP contribution in [0.4, 0.5) is 0 Å². The zero-order valence-electron chi connectivity index (χ0n) is 13.3. The Morgan fingerprint density at radius 2 is 2.05 bits per heavy atom. The van der Waals surface area contributed by atoms with Gasteiger partial charge in [0.15, 0.2) is 0 Å². The summed E-state index contributed by atoms with van der Waals surface area (Å²) in [6.07, 6.45) is 6.21. The number of rotatable bonds is 3. The molecule has 0 bridgehead atoms. The van der Waals surface area contributed by atoms with Gasteiger partial charge < -0.3 is 4.98 Å². The van der Waals surface area contributed by atoms with Gasteiger partial charge in [-0.05, 0) is 60.3 Å². The first-order valence-electron chi connectivity index (χ1n) is 8.17. The molecule has 20 heavy (non-hydrogen) atoms. The molecule has 0 saturated carbocycles. The van der Waals surface area contributed by atoms with E-state index in [4.69, 9.17) is 0 Å². The summed E-state index contributed by atoms with van der Waals surface area (Å²) in [6.45, 7) is 9.45.